The van der Waals surface area contributed by atoms with Crippen LogP contribution in [0.2, 0.25) is 0 Å². The lowest BCUT2D eigenvalue weighted by atomic mass is 9.93. The summed E-state index contributed by atoms with van der Waals surface area (Å²) in [6, 6.07) is 8.34. The minimum atomic E-state index is -0.0296. The first-order valence-electron chi connectivity index (χ1n) is 10.3. The van der Waals surface area contributed by atoms with E-state index in [1.54, 1.807) is 0 Å². The number of likely N-dealkylation sites (tertiary alicyclic amines) is 1. The Bertz CT molecular complexity index is 819. The molecule has 2 N–H and O–H groups in total. The number of nitrogens with one attached hydrogen (secondary N) is 2. The minimum absolute atomic E-state index is 0. The van der Waals surface area contributed by atoms with Crippen molar-refractivity contribution < 1.29 is 4.79 Å². The zero-order valence-electron chi connectivity index (χ0n) is 18.2. The van der Waals surface area contributed by atoms with Crippen LogP contribution in [0, 0.1) is 11.8 Å². The fraction of sp³-hybridized carbons (Fsp3) is 0.500. The van der Waals surface area contributed by atoms with Crippen LogP contribution in [0.3, 0.4) is 0 Å². The van der Waals surface area contributed by atoms with Crippen LogP contribution in [-0.4, -0.2) is 46.5 Å². The van der Waals surface area contributed by atoms with Crippen molar-refractivity contribution in [2.24, 2.45) is 16.8 Å². The molecule has 0 aliphatic carbocycles. The van der Waals surface area contributed by atoms with Gasteiger partial charge in [-0.15, -0.1) is 24.0 Å². The Hall–Kier alpha value is -2.10. The lowest BCUT2D eigenvalue weighted by Gasteiger charge is -2.39. The van der Waals surface area contributed by atoms with Gasteiger partial charge >= 0.3 is 0 Å². The summed E-state index contributed by atoms with van der Waals surface area (Å²) >= 11 is 0. The minimum Gasteiger partial charge on any atom is -0.352 e. The maximum atomic E-state index is 11.8. The highest BCUT2D eigenvalue weighted by atomic mass is 127. The Morgan fingerprint density at radius 3 is 2.63 bits per heavy atom. The number of nitrogens with zero attached hydrogens (tertiary/aromatic N) is 4. The Balaban J connectivity index is 0.00000320. The number of benzene rings is 1. The van der Waals surface area contributed by atoms with E-state index >= 15 is 0 Å². The van der Waals surface area contributed by atoms with E-state index in [1.165, 1.54) is 0 Å². The molecule has 0 bridgehead atoms. The van der Waals surface area contributed by atoms with Gasteiger partial charge in [-0.3, -0.25) is 9.79 Å². The molecule has 1 amide bonds. The van der Waals surface area contributed by atoms with Gasteiger partial charge in [-0.1, -0.05) is 32.9 Å². The van der Waals surface area contributed by atoms with E-state index in [0.717, 1.165) is 36.7 Å². The highest BCUT2D eigenvalue weighted by Crippen LogP contribution is 2.27. The number of carbonyl (C=O) groups excluding carboxylic acids is 1. The zero-order chi connectivity index (χ0) is 20.8. The number of aliphatic imine (C=N–C) groups is 1. The number of carbonyl (C=O) groups is 1. The molecule has 0 radical (unpaired) electrons. The summed E-state index contributed by atoms with van der Waals surface area (Å²) in [5.74, 6) is 1.52. The second-order valence-electron chi connectivity index (χ2n) is 8.03. The first-order chi connectivity index (χ1) is 14.0. The molecule has 2 heterocycles. The predicted octanol–water partition coefficient (Wildman–Crippen LogP) is 3.75. The van der Waals surface area contributed by atoms with E-state index in [-0.39, 0.29) is 35.8 Å². The largest absolute Gasteiger partial charge is 0.352 e. The van der Waals surface area contributed by atoms with Crippen LogP contribution in [0.1, 0.15) is 38.8 Å². The van der Waals surface area contributed by atoms with Crippen molar-refractivity contribution >= 4 is 41.5 Å². The number of hydrogen-bond donors (Lipinski definition) is 2. The van der Waals surface area contributed by atoms with Gasteiger partial charge in [0.25, 0.3) is 0 Å². The molecule has 1 aromatic carbocycles. The molecular formula is C22H33IN6O. The fourth-order valence-electron chi connectivity index (χ4n) is 3.60. The molecule has 1 aromatic heterocycles. The smallest absolute Gasteiger partial charge is 0.226 e. The molecule has 7 nitrogen and oxygen atoms in total. The van der Waals surface area contributed by atoms with Crippen LogP contribution in [0.25, 0.3) is 0 Å². The summed E-state index contributed by atoms with van der Waals surface area (Å²) in [7, 11) is 1.83. The van der Waals surface area contributed by atoms with Gasteiger partial charge in [0.05, 0.1) is 12.4 Å². The van der Waals surface area contributed by atoms with Gasteiger partial charge in [0, 0.05) is 50.7 Å². The Morgan fingerprint density at radius 2 is 2.03 bits per heavy atom. The van der Waals surface area contributed by atoms with E-state index in [2.05, 4.69) is 37.0 Å². The molecule has 1 saturated heterocycles. The molecule has 1 aliphatic rings. The molecule has 0 spiro atoms. The van der Waals surface area contributed by atoms with Crippen molar-refractivity contribution in [1.82, 2.24) is 19.8 Å². The van der Waals surface area contributed by atoms with Gasteiger partial charge < -0.3 is 20.1 Å². The van der Waals surface area contributed by atoms with Crippen molar-refractivity contribution in [3.8, 4) is 0 Å². The summed E-state index contributed by atoms with van der Waals surface area (Å²) in [6.45, 7) is 8.67. The highest BCUT2D eigenvalue weighted by Gasteiger charge is 2.28. The predicted molar refractivity (Wildman–Crippen MR) is 132 cm³/mol. The number of guanidine groups is 1. The standard InChI is InChI=1S/C22H32N6O.HI/c1-16(2)21(29)26-19-7-5-18(6-8-19)13-25-22(23-4)27-11-9-17(3)20(14-27)28-12-10-24-15-28;/h5-8,10,12,15-17,20H,9,11,13-14H2,1-4H3,(H,23,25)(H,26,29);1H. The fourth-order valence-corrected chi connectivity index (χ4v) is 3.60. The van der Waals surface area contributed by atoms with Crippen molar-refractivity contribution in [2.45, 2.75) is 39.8 Å². The lowest BCUT2D eigenvalue weighted by Crippen LogP contribution is -2.48. The first kappa shape index (κ1) is 24.2. The molecule has 1 aliphatic heterocycles. The quantitative estimate of drug-likeness (QED) is 0.355. The number of aromatic nitrogens is 2. The maximum Gasteiger partial charge on any atom is 0.226 e. The van der Waals surface area contributed by atoms with E-state index in [9.17, 15) is 4.79 Å². The molecular weight excluding hydrogens is 491 g/mol. The van der Waals surface area contributed by atoms with E-state index in [0.29, 0.717) is 18.5 Å². The number of rotatable bonds is 5. The SMILES string of the molecule is CN=C(NCc1ccc(NC(=O)C(C)C)cc1)N1CCC(C)C(n2ccnc2)C1.I. The average molecular weight is 524 g/mol. The number of anilines is 1. The maximum absolute atomic E-state index is 11.8. The van der Waals surface area contributed by atoms with Crippen molar-refractivity contribution in [3.05, 3.63) is 48.5 Å². The second-order valence-corrected chi connectivity index (χ2v) is 8.03. The van der Waals surface area contributed by atoms with Crippen LogP contribution in [0.5, 0.6) is 0 Å². The van der Waals surface area contributed by atoms with Crippen molar-refractivity contribution in [2.75, 3.05) is 25.5 Å². The van der Waals surface area contributed by atoms with E-state index < -0.39 is 0 Å². The number of piperidine rings is 1. The third-order valence-corrected chi connectivity index (χ3v) is 5.53. The van der Waals surface area contributed by atoms with Gasteiger partial charge in [-0.25, -0.2) is 4.98 Å². The Kier molecular flexibility index (Phi) is 9.13. The lowest BCUT2D eigenvalue weighted by molar-refractivity contribution is -0.118. The van der Waals surface area contributed by atoms with Gasteiger partial charge in [0.1, 0.15) is 0 Å². The van der Waals surface area contributed by atoms with Gasteiger partial charge in [0.2, 0.25) is 5.91 Å². The number of imidazole rings is 1. The van der Waals surface area contributed by atoms with Gasteiger partial charge in [-0.05, 0) is 30.0 Å². The Labute approximate surface area is 196 Å². The molecule has 8 heteroatoms. The topological polar surface area (TPSA) is 74.6 Å². The molecule has 2 unspecified atom stereocenters. The summed E-state index contributed by atoms with van der Waals surface area (Å²) in [4.78, 5) is 22.8. The summed E-state index contributed by atoms with van der Waals surface area (Å²) in [5, 5.41) is 6.40. The molecule has 1 fully saturated rings. The third-order valence-electron chi connectivity index (χ3n) is 5.53. The molecule has 2 aromatic rings. The molecule has 30 heavy (non-hydrogen) atoms. The summed E-state index contributed by atoms with van der Waals surface area (Å²) in [5.41, 5.74) is 1.97. The molecule has 0 saturated carbocycles. The third kappa shape index (κ3) is 6.20. The normalized spacial score (nSPS) is 19.4. The first-order valence-corrected chi connectivity index (χ1v) is 10.3. The van der Waals surface area contributed by atoms with Gasteiger partial charge in [-0.2, -0.15) is 0 Å². The van der Waals surface area contributed by atoms with Gasteiger partial charge in [0.15, 0.2) is 5.96 Å². The monoisotopic (exact) mass is 524 g/mol. The van der Waals surface area contributed by atoms with Crippen LogP contribution in [0.15, 0.2) is 48.0 Å². The molecule has 164 valence electrons. The van der Waals surface area contributed by atoms with Crippen LogP contribution in [-0.2, 0) is 11.3 Å². The number of amides is 1. The average Bonchev–Trinajstić information content (AvgIpc) is 3.25. The Morgan fingerprint density at radius 1 is 1.30 bits per heavy atom. The van der Waals surface area contributed by atoms with Crippen molar-refractivity contribution in [3.63, 3.8) is 0 Å². The van der Waals surface area contributed by atoms with E-state index in [4.69, 9.17) is 0 Å². The van der Waals surface area contributed by atoms with Crippen LogP contribution < -0.4 is 10.6 Å². The summed E-state index contributed by atoms with van der Waals surface area (Å²) < 4.78 is 2.20. The van der Waals surface area contributed by atoms with Crippen LogP contribution >= 0.6 is 24.0 Å². The molecule has 2 atom stereocenters. The number of hydrogen-bond acceptors (Lipinski definition) is 3. The van der Waals surface area contributed by atoms with E-state index in [1.807, 2.05) is 63.9 Å². The number of halogens is 1. The highest BCUT2D eigenvalue weighted by molar-refractivity contribution is 14.0. The molecule has 3 rings (SSSR count). The van der Waals surface area contributed by atoms with Crippen molar-refractivity contribution in [1.29, 1.82) is 0 Å². The van der Waals surface area contributed by atoms with Crippen LogP contribution in [0.4, 0.5) is 5.69 Å². The second kappa shape index (κ2) is 11.3. The summed E-state index contributed by atoms with van der Waals surface area (Å²) in [6.07, 6.45) is 6.90. The zero-order valence-corrected chi connectivity index (χ0v) is 20.5.